The number of benzene rings is 1. The van der Waals surface area contributed by atoms with E-state index in [0.717, 1.165) is 0 Å². The first kappa shape index (κ1) is 12.7. The topological polar surface area (TPSA) is 50.9 Å². The molecular weight excluding hydrogens is 273 g/mol. The number of nitrogens with zero attached hydrogens (tertiary/aromatic N) is 1. The number of nitrogens with one attached hydrogen (secondary N) is 1. The second-order valence-electron chi connectivity index (χ2n) is 3.52. The van der Waals surface area contributed by atoms with E-state index in [0.29, 0.717) is 11.4 Å². The highest BCUT2D eigenvalue weighted by molar-refractivity contribution is 7.80. The summed E-state index contributed by atoms with van der Waals surface area (Å²) in [5.74, 6) is -0.507. The summed E-state index contributed by atoms with van der Waals surface area (Å²) in [4.78, 5) is 4.18. The van der Waals surface area contributed by atoms with Crippen molar-refractivity contribution in [2.75, 3.05) is 5.32 Å². The number of halogens is 2. The zero-order valence-corrected chi connectivity index (χ0v) is 10.7. The highest BCUT2D eigenvalue weighted by Gasteiger charge is 2.07. The van der Waals surface area contributed by atoms with Crippen LogP contribution >= 0.6 is 23.8 Å². The minimum absolute atomic E-state index is 0.0589. The van der Waals surface area contributed by atoms with Crippen molar-refractivity contribution in [2.45, 2.75) is 0 Å². The van der Waals surface area contributed by atoms with Gasteiger partial charge in [0.05, 0.1) is 16.4 Å². The standard InChI is InChI=1S/C12H9ClFN3S/c13-8-2-1-3-9(11(8)14)17-7-4-5-16-10(6-7)12(15)18/h1-6H,(H2,15,18)(H,16,17). The van der Waals surface area contributed by atoms with Crippen LogP contribution in [0.25, 0.3) is 0 Å². The molecule has 18 heavy (non-hydrogen) atoms. The summed E-state index contributed by atoms with van der Waals surface area (Å²) in [5, 5.41) is 2.95. The van der Waals surface area contributed by atoms with Gasteiger partial charge in [-0.15, -0.1) is 0 Å². The maximum absolute atomic E-state index is 13.7. The lowest BCUT2D eigenvalue weighted by molar-refractivity contribution is 0.632. The van der Waals surface area contributed by atoms with E-state index in [1.165, 1.54) is 6.07 Å². The quantitative estimate of drug-likeness (QED) is 0.848. The number of anilines is 2. The number of hydrogen-bond donors (Lipinski definition) is 2. The first-order chi connectivity index (χ1) is 8.58. The first-order valence-corrected chi connectivity index (χ1v) is 5.83. The molecule has 0 radical (unpaired) electrons. The third-order valence-electron chi connectivity index (χ3n) is 2.24. The van der Waals surface area contributed by atoms with Crippen LogP contribution in [0.4, 0.5) is 15.8 Å². The lowest BCUT2D eigenvalue weighted by Gasteiger charge is -2.09. The van der Waals surface area contributed by atoms with E-state index in [1.54, 1.807) is 30.5 Å². The Labute approximate surface area is 114 Å². The van der Waals surface area contributed by atoms with E-state index in [9.17, 15) is 4.39 Å². The molecule has 0 amide bonds. The van der Waals surface area contributed by atoms with Crippen molar-refractivity contribution in [3.63, 3.8) is 0 Å². The number of nitrogens with two attached hydrogens (primary N) is 1. The molecule has 92 valence electrons. The zero-order valence-electron chi connectivity index (χ0n) is 9.15. The van der Waals surface area contributed by atoms with Gasteiger partial charge < -0.3 is 11.1 Å². The second-order valence-corrected chi connectivity index (χ2v) is 4.37. The molecule has 0 spiro atoms. The fourth-order valence-electron chi connectivity index (χ4n) is 1.40. The van der Waals surface area contributed by atoms with Crippen LogP contribution in [-0.4, -0.2) is 9.97 Å². The largest absolute Gasteiger partial charge is 0.388 e. The number of aromatic nitrogens is 1. The maximum atomic E-state index is 13.7. The second kappa shape index (κ2) is 5.29. The molecular formula is C12H9ClFN3S. The monoisotopic (exact) mass is 281 g/mol. The minimum Gasteiger partial charge on any atom is -0.388 e. The first-order valence-electron chi connectivity index (χ1n) is 5.05. The minimum atomic E-state index is -0.507. The van der Waals surface area contributed by atoms with Crippen molar-refractivity contribution < 1.29 is 4.39 Å². The Bertz CT molecular complexity index is 604. The molecule has 3 nitrogen and oxygen atoms in total. The van der Waals surface area contributed by atoms with Gasteiger partial charge in [-0.2, -0.15) is 0 Å². The molecule has 0 unspecified atom stereocenters. The van der Waals surface area contributed by atoms with Gasteiger partial charge in [-0.1, -0.05) is 29.9 Å². The molecule has 1 heterocycles. The van der Waals surface area contributed by atoms with E-state index in [4.69, 9.17) is 29.6 Å². The van der Waals surface area contributed by atoms with E-state index < -0.39 is 5.82 Å². The Morgan fingerprint density at radius 3 is 2.89 bits per heavy atom. The van der Waals surface area contributed by atoms with Gasteiger partial charge in [-0.3, -0.25) is 4.98 Å². The summed E-state index contributed by atoms with van der Waals surface area (Å²) in [5.41, 5.74) is 6.86. The van der Waals surface area contributed by atoms with Crippen LogP contribution in [0.2, 0.25) is 5.02 Å². The van der Waals surface area contributed by atoms with Crippen LogP contribution in [0.5, 0.6) is 0 Å². The predicted molar refractivity (Wildman–Crippen MR) is 74.8 cm³/mol. The maximum Gasteiger partial charge on any atom is 0.165 e. The molecule has 1 aromatic carbocycles. The number of pyridine rings is 1. The lowest BCUT2D eigenvalue weighted by Crippen LogP contribution is -2.11. The van der Waals surface area contributed by atoms with E-state index in [2.05, 4.69) is 10.3 Å². The molecule has 0 atom stereocenters. The highest BCUT2D eigenvalue weighted by Crippen LogP contribution is 2.25. The molecule has 0 fully saturated rings. The van der Waals surface area contributed by atoms with Gasteiger partial charge in [0, 0.05) is 11.9 Å². The van der Waals surface area contributed by atoms with Gasteiger partial charge in [-0.25, -0.2) is 4.39 Å². The third kappa shape index (κ3) is 2.75. The molecule has 0 aliphatic rings. The summed E-state index contributed by atoms with van der Waals surface area (Å²) in [7, 11) is 0. The van der Waals surface area contributed by atoms with Crippen LogP contribution in [0.1, 0.15) is 5.69 Å². The molecule has 0 bridgehead atoms. The Hall–Kier alpha value is -1.72. The lowest BCUT2D eigenvalue weighted by atomic mass is 10.2. The van der Waals surface area contributed by atoms with Crippen molar-refractivity contribution in [2.24, 2.45) is 5.73 Å². The molecule has 2 rings (SSSR count). The van der Waals surface area contributed by atoms with E-state index in [-0.39, 0.29) is 15.7 Å². The Morgan fingerprint density at radius 1 is 1.39 bits per heavy atom. The molecule has 0 saturated carbocycles. The summed E-state index contributed by atoms with van der Waals surface area (Å²) < 4.78 is 13.7. The van der Waals surface area contributed by atoms with Crippen LogP contribution < -0.4 is 11.1 Å². The average Bonchev–Trinajstić information content (AvgIpc) is 2.35. The predicted octanol–water partition coefficient (Wildman–Crippen LogP) is 3.25. The molecule has 0 saturated heterocycles. The molecule has 0 aliphatic heterocycles. The smallest absolute Gasteiger partial charge is 0.165 e. The van der Waals surface area contributed by atoms with E-state index >= 15 is 0 Å². The summed E-state index contributed by atoms with van der Waals surface area (Å²) in [6.07, 6.45) is 1.54. The molecule has 0 aliphatic carbocycles. The van der Waals surface area contributed by atoms with Crippen molar-refractivity contribution in [3.05, 3.63) is 53.1 Å². The van der Waals surface area contributed by atoms with Crippen molar-refractivity contribution in [1.82, 2.24) is 4.98 Å². The van der Waals surface area contributed by atoms with Crippen molar-refractivity contribution >= 4 is 40.2 Å². The molecule has 3 N–H and O–H groups in total. The number of hydrogen-bond acceptors (Lipinski definition) is 3. The van der Waals surface area contributed by atoms with Crippen LogP contribution in [0, 0.1) is 5.82 Å². The highest BCUT2D eigenvalue weighted by atomic mass is 35.5. The van der Waals surface area contributed by atoms with Gasteiger partial charge in [0.15, 0.2) is 5.82 Å². The van der Waals surface area contributed by atoms with Gasteiger partial charge >= 0.3 is 0 Å². The van der Waals surface area contributed by atoms with Crippen molar-refractivity contribution in [1.29, 1.82) is 0 Å². The Balaban J connectivity index is 2.31. The third-order valence-corrected chi connectivity index (χ3v) is 2.74. The van der Waals surface area contributed by atoms with Gasteiger partial charge in [0.2, 0.25) is 0 Å². The molecule has 1 aromatic heterocycles. The average molecular weight is 282 g/mol. The van der Waals surface area contributed by atoms with Crippen LogP contribution in [-0.2, 0) is 0 Å². The van der Waals surface area contributed by atoms with Crippen LogP contribution in [0.3, 0.4) is 0 Å². The summed E-state index contributed by atoms with van der Waals surface area (Å²) >= 11 is 10.5. The van der Waals surface area contributed by atoms with Gasteiger partial charge in [0.25, 0.3) is 0 Å². The van der Waals surface area contributed by atoms with Crippen LogP contribution in [0.15, 0.2) is 36.5 Å². The molecule has 2 aromatic rings. The summed E-state index contributed by atoms with van der Waals surface area (Å²) in [6.45, 7) is 0. The Morgan fingerprint density at radius 2 is 2.17 bits per heavy atom. The number of thiocarbonyl (C=S) groups is 1. The van der Waals surface area contributed by atoms with E-state index in [1.807, 2.05) is 0 Å². The van der Waals surface area contributed by atoms with Crippen molar-refractivity contribution in [3.8, 4) is 0 Å². The van der Waals surface area contributed by atoms with Gasteiger partial charge in [0.1, 0.15) is 4.99 Å². The SMILES string of the molecule is NC(=S)c1cc(Nc2cccc(Cl)c2F)ccn1. The Kier molecular flexibility index (Phi) is 3.74. The normalized spacial score (nSPS) is 10.1. The summed E-state index contributed by atoms with van der Waals surface area (Å²) in [6, 6.07) is 8.05. The number of rotatable bonds is 3. The molecule has 6 heteroatoms. The zero-order chi connectivity index (χ0) is 13.1. The van der Waals surface area contributed by atoms with Gasteiger partial charge in [-0.05, 0) is 24.3 Å². The fourth-order valence-corrected chi connectivity index (χ4v) is 1.69. The fraction of sp³-hybridized carbons (Fsp3) is 0.